The van der Waals surface area contributed by atoms with Crippen LogP contribution in [0, 0.1) is 5.21 Å². The highest BCUT2D eigenvalue weighted by Gasteiger charge is 2.19. The van der Waals surface area contributed by atoms with E-state index in [0.717, 1.165) is 11.8 Å². The number of hydrogen-bond acceptors (Lipinski definition) is 3. The van der Waals surface area contributed by atoms with Gasteiger partial charge in [-0.3, -0.25) is 0 Å². The van der Waals surface area contributed by atoms with Crippen LogP contribution in [0.25, 0.3) is 0 Å². The van der Waals surface area contributed by atoms with Gasteiger partial charge >= 0.3 is 11.7 Å². The lowest BCUT2D eigenvalue weighted by Gasteiger charge is -2.14. The van der Waals surface area contributed by atoms with Crippen LogP contribution in [0.2, 0.25) is 25.7 Å². The molecule has 0 radical (unpaired) electrons. The van der Waals surface area contributed by atoms with Gasteiger partial charge in [-0.2, -0.15) is 4.73 Å². The zero-order valence-corrected chi connectivity index (χ0v) is 12.1. The van der Waals surface area contributed by atoms with Crippen molar-refractivity contribution in [1.82, 2.24) is 0 Å². The van der Waals surface area contributed by atoms with Crippen LogP contribution in [0.1, 0.15) is 10.5 Å². The van der Waals surface area contributed by atoms with Crippen molar-refractivity contribution in [2.24, 2.45) is 0 Å². The molecule has 0 aliphatic heterocycles. The Kier molecular flexibility index (Phi) is 4.59. The van der Waals surface area contributed by atoms with Gasteiger partial charge in [0, 0.05) is 26.0 Å². The number of aromatic nitrogens is 1. The molecule has 0 aromatic carbocycles. The third-order valence-corrected chi connectivity index (χ3v) is 5.35. The molecule has 0 aliphatic carbocycles. The lowest BCUT2D eigenvalue weighted by molar-refractivity contribution is -0.648. The lowest BCUT2D eigenvalue weighted by Crippen LogP contribution is -2.36. The van der Waals surface area contributed by atoms with E-state index in [9.17, 15) is 10.0 Å². The third-order valence-electron chi connectivity index (χ3n) is 2.23. The SMILES string of the molecule is C[Si](C)(C)CCSc1cccc(C(=O)O)[n+]1[O-]. The molecule has 0 aliphatic rings. The molecule has 4 nitrogen and oxygen atoms in total. The van der Waals surface area contributed by atoms with E-state index in [4.69, 9.17) is 5.11 Å². The number of hydrogen-bond donors (Lipinski definition) is 1. The average molecular weight is 271 g/mol. The molecule has 1 rings (SSSR count). The summed E-state index contributed by atoms with van der Waals surface area (Å²) >= 11 is 1.43. The molecule has 1 aromatic rings. The van der Waals surface area contributed by atoms with Gasteiger partial charge in [-0.25, -0.2) is 4.79 Å². The summed E-state index contributed by atoms with van der Waals surface area (Å²) in [6.07, 6.45) is 0. The Morgan fingerprint density at radius 3 is 2.65 bits per heavy atom. The van der Waals surface area contributed by atoms with Gasteiger partial charge in [0.25, 0.3) is 5.03 Å². The molecule has 0 bridgehead atoms. The third kappa shape index (κ3) is 4.39. The first kappa shape index (κ1) is 14.0. The number of carboxylic acid groups (broad SMARTS) is 1. The van der Waals surface area contributed by atoms with Crippen molar-refractivity contribution in [2.45, 2.75) is 30.7 Å². The van der Waals surface area contributed by atoms with Crippen molar-refractivity contribution < 1.29 is 14.6 Å². The summed E-state index contributed by atoms with van der Waals surface area (Å²) in [7, 11) is -1.11. The van der Waals surface area contributed by atoms with Gasteiger partial charge in [-0.1, -0.05) is 31.4 Å². The van der Waals surface area contributed by atoms with Crippen molar-refractivity contribution >= 4 is 25.8 Å². The predicted molar refractivity (Wildman–Crippen MR) is 71.2 cm³/mol. The molecular weight excluding hydrogens is 254 g/mol. The van der Waals surface area contributed by atoms with Crippen LogP contribution >= 0.6 is 11.8 Å². The largest absolute Gasteiger partial charge is 0.617 e. The summed E-state index contributed by atoms with van der Waals surface area (Å²) in [4.78, 5) is 10.8. The maximum absolute atomic E-state index is 11.7. The number of nitrogens with zero attached hydrogens (tertiary/aromatic N) is 1. The van der Waals surface area contributed by atoms with E-state index in [1.54, 1.807) is 12.1 Å². The second kappa shape index (κ2) is 5.55. The topological polar surface area (TPSA) is 64.2 Å². The number of aromatic carboxylic acids is 1. The van der Waals surface area contributed by atoms with E-state index in [1.807, 2.05) is 0 Å². The number of pyridine rings is 1. The monoisotopic (exact) mass is 271 g/mol. The fourth-order valence-corrected chi connectivity index (χ4v) is 4.66. The number of thioether (sulfide) groups is 1. The second-order valence-corrected chi connectivity index (χ2v) is 11.7. The first-order valence-corrected chi connectivity index (χ1v) is 10.1. The standard InChI is InChI=1S/C11H17NO3SSi/c1-17(2,3)8-7-16-10-6-4-5-9(11(13)14)12(10)15/h4-6H,7-8H2,1-3H3,(H,13,14). The highest BCUT2D eigenvalue weighted by molar-refractivity contribution is 7.99. The van der Waals surface area contributed by atoms with Crippen LogP contribution < -0.4 is 4.73 Å². The molecule has 0 unspecified atom stereocenters. The van der Waals surface area contributed by atoms with Crippen molar-refractivity contribution in [3.8, 4) is 0 Å². The van der Waals surface area contributed by atoms with Gasteiger partial charge in [0.05, 0.1) is 0 Å². The average Bonchev–Trinajstić information content (AvgIpc) is 2.18. The second-order valence-electron chi connectivity index (χ2n) is 5.01. The van der Waals surface area contributed by atoms with Crippen LogP contribution in [0.5, 0.6) is 0 Å². The van der Waals surface area contributed by atoms with Crippen LogP contribution in [0.15, 0.2) is 23.2 Å². The highest BCUT2D eigenvalue weighted by Crippen LogP contribution is 2.19. The minimum absolute atomic E-state index is 0.219. The summed E-state index contributed by atoms with van der Waals surface area (Å²) in [5, 5.41) is 21.0. The Labute approximate surface area is 106 Å². The maximum Gasteiger partial charge on any atom is 0.402 e. The molecule has 0 saturated heterocycles. The van der Waals surface area contributed by atoms with E-state index >= 15 is 0 Å². The van der Waals surface area contributed by atoms with E-state index in [0.29, 0.717) is 9.76 Å². The predicted octanol–water partition coefficient (Wildman–Crippen LogP) is 2.45. The zero-order chi connectivity index (χ0) is 13.1. The molecular formula is C11H17NO3SSi. The normalized spacial score (nSPS) is 11.5. The van der Waals surface area contributed by atoms with E-state index in [2.05, 4.69) is 19.6 Å². The number of carboxylic acids is 1. The summed E-state index contributed by atoms with van der Waals surface area (Å²) in [5.41, 5.74) is -0.219. The Balaban J connectivity index is 2.72. The van der Waals surface area contributed by atoms with Crippen molar-refractivity contribution in [3.05, 3.63) is 29.1 Å². The van der Waals surface area contributed by atoms with E-state index in [-0.39, 0.29) is 5.69 Å². The summed E-state index contributed by atoms with van der Waals surface area (Å²) < 4.78 is 0.497. The molecule has 0 spiro atoms. The molecule has 1 aromatic heterocycles. The maximum atomic E-state index is 11.7. The smallest absolute Gasteiger partial charge is 0.402 e. The van der Waals surface area contributed by atoms with Gasteiger partial charge < -0.3 is 10.3 Å². The molecule has 17 heavy (non-hydrogen) atoms. The van der Waals surface area contributed by atoms with E-state index < -0.39 is 14.0 Å². The first-order chi connectivity index (χ1) is 7.81. The van der Waals surface area contributed by atoms with Gasteiger partial charge in [-0.05, 0) is 12.1 Å². The molecule has 0 amide bonds. The first-order valence-electron chi connectivity index (χ1n) is 5.40. The molecule has 1 heterocycles. The summed E-state index contributed by atoms with van der Waals surface area (Å²) in [5.74, 6) is -0.325. The fourth-order valence-electron chi connectivity index (χ4n) is 1.20. The van der Waals surface area contributed by atoms with Gasteiger partial charge in [-0.15, -0.1) is 0 Å². The summed E-state index contributed by atoms with van der Waals surface area (Å²) in [6.45, 7) is 6.81. The molecule has 0 atom stereocenters. The van der Waals surface area contributed by atoms with Crippen molar-refractivity contribution in [3.63, 3.8) is 0 Å². The molecule has 1 N–H and O–H groups in total. The van der Waals surface area contributed by atoms with Gasteiger partial charge in [0.1, 0.15) is 0 Å². The fraction of sp³-hybridized carbons (Fsp3) is 0.455. The van der Waals surface area contributed by atoms with E-state index in [1.165, 1.54) is 17.8 Å². The minimum Gasteiger partial charge on any atom is -0.617 e. The molecule has 0 fully saturated rings. The Bertz CT molecular complexity index is 418. The number of carbonyl (C=O) groups is 1. The van der Waals surface area contributed by atoms with Crippen molar-refractivity contribution in [2.75, 3.05) is 5.75 Å². The quantitative estimate of drug-likeness (QED) is 0.387. The van der Waals surface area contributed by atoms with Crippen molar-refractivity contribution in [1.29, 1.82) is 0 Å². The minimum atomic E-state index is -1.19. The summed E-state index contributed by atoms with van der Waals surface area (Å²) in [6, 6.07) is 5.69. The molecule has 94 valence electrons. The van der Waals surface area contributed by atoms with Gasteiger partial charge in [0.15, 0.2) is 0 Å². The highest BCUT2D eigenvalue weighted by atomic mass is 32.2. The lowest BCUT2D eigenvalue weighted by atomic mass is 10.3. The van der Waals surface area contributed by atoms with Crippen LogP contribution in [0.3, 0.4) is 0 Å². The Morgan fingerprint density at radius 1 is 1.47 bits per heavy atom. The van der Waals surface area contributed by atoms with Crippen LogP contribution in [-0.4, -0.2) is 24.9 Å². The van der Waals surface area contributed by atoms with Crippen LogP contribution in [-0.2, 0) is 0 Å². The molecule has 0 saturated carbocycles. The van der Waals surface area contributed by atoms with Crippen LogP contribution in [0.4, 0.5) is 0 Å². The Morgan fingerprint density at radius 2 is 2.12 bits per heavy atom. The number of rotatable bonds is 5. The zero-order valence-electron chi connectivity index (χ0n) is 10.3. The molecule has 6 heteroatoms. The van der Waals surface area contributed by atoms with Gasteiger partial charge in [0.2, 0.25) is 0 Å². The Hall–Kier alpha value is -1.01.